The van der Waals surface area contributed by atoms with E-state index >= 15 is 0 Å². The average molecular weight is 267 g/mol. The summed E-state index contributed by atoms with van der Waals surface area (Å²) in [4.78, 5) is 0. The van der Waals surface area contributed by atoms with Gasteiger partial charge in [0.15, 0.2) is 0 Å². The SMILES string of the molecule is Cc1ccccc1[C@@H](C)NC(c1ccccc1)C(C)C. The molecule has 1 heteroatoms. The molecule has 20 heavy (non-hydrogen) atoms. The van der Waals surface area contributed by atoms with Gasteiger partial charge in [-0.05, 0) is 36.5 Å². The summed E-state index contributed by atoms with van der Waals surface area (Å²) in [5, 5.41) is 3.79. The molecule has 1 unspecified atom stereocenters. The molecule has 2 aromatic rings. The molecule has 0 heterocycles. The largest absolute Gasteiger partial charge is 0.303 e. The molecule has 0 saturated carbocycles. The number of hydrogen-bond acceptors (Lipinski definition) is 1. The van der Waals surface area contributed by atoms with Crippen LogP contribution in [0.3, 0.4) is 0 Å². The lowest BCUT2D eigenvalue weighted by atomic mass is 9.93. The number of nitrogens with one attached hydrogen (secondary N) is 1. The Bertz CT molecular complexity index is 530. The second kappa shape index (κ2) is 6.71. The monoisotopic (exact) mass is 267 g/mol. The van der Waals surface area contributed by atoms with Crippen molar-refractivity contribution in [2.75, 3.05) is 0 Å². The lowest BCUT2D eigenvalue weighted by molar-refractivity contribution is 0.374. The van der Waals surface area contributed by atoms with Crippen molar-refractivity contribution < 1.29 is 0 Å². The van der Waals surface area contributed by atoms with E-state index in [0.29, 0.717) is 18.0 Å². The standard InChI is InChI=1S/C19H25N/c1-14(2)19(17-11-6-5-7-12-17)20-16(4)18-13-9-8-10-15(18)3/h5-14,16,19-20H,1-4H3/t16-,19?/m1/s1. The highest BCUT2D eigenvalue weighted by Gasteiger charge is 2.19. The summed E-state index contributed by atoms with van der Waals surface area (Å²) in [6.45, 7) is 8.98. The summed E-state index contributed by atoms with van der Waals surface area (Å²) in [5.74, 6) is 0.559. The highest BCUT2D eigenvalue weighted by molar-refractivity contribution is 5.29. The number of hydrogen-bond donors (Lipinski definition) is 1. The Kier molecular flexibility index (Phi) is 4.97. The molecule has 2 atom stereocenters. The van der Waals surface area contributed by atoms with E-state index in [2.05, 4.69) is 87.6 Å². The van der Waals surface area contributed by atoms with Crippen LogP contribution in [0.2, 0.25) is 0 Å². The van der Waals surface area contributed by atoms with Crippen LogP contribution < -0.4 is 5.32 Å². The maximum absolute atomic E-state index is 3.79. The Balaban J connectivity index is 2.19. The summed E-state index contributed by atoms with van der Waals surface area (Å²) in [7, 11) is 0. The third-order valence-electron chi connectivity index (χ3n) is 3.91. The molecule has 0 fully saturated rings. The van der Waals surface area contributed by atoms with Crippen LogP contribution in [0.4, 0.5) is 0 Å². The molecule has 2 aromatic carbocycles. The molecule has 2 rings (SSSR count). The summed E-state index contributed by atoms with van der Waals surface area (Å²) in [6.07, 6.45) is 0. The summed E-state index contributed by atoms with van der Waals surface area (Å²) in [5.41, 5.74) is 4.10. The van der Waals surface area contributed by atoms with Gasteiger partial charge in [-0.3, -0.25) is 0 Å². The Morgan fingerprint density at radius 1 is 0.800 bits per heavy atom. The summed E-state index contributed by atoms with van der Waals surface area (Å²) >= 11 is 0. The second-order valence-electron chi connectivity index (χ2n) is 5.88. The van der Waals surface area contributed by atoms with E-state index in [1.165, 1.54) is 16.7 Å². The number of benzene rings is 2. The predicted molar refractivity (Wildman–Crippen MR) is 86.8 cm³/mol. The van der Waals surface area contributed by atoms with Crippen molar-refractivity contribution in [3.05, 3.63) is 71.3 Å². The third-order valence-corrected chi connectivity index (χ3v) is 3.91. The van der Waals surface area contributed by atoms with E-state index < -0.39 is 0 Å². The highest BCUT2D eigenvalue weighted by atomic mass is 15.0. The Morgan fingerprint density at radius 2 is 1.40 bits per heavy atom. The van der Waals surface area contributed by atoms with Crippen LogP contribution in [0.15, 0.2) is 54.6 Å². The van der Waals surface area contributed by atoms with Gasteiger partial charge in [0.1, 0.15) is 0 Å². The van der Waals surface area contributed by atoms with Crippen molar-refractivity contribution in [1.29, 1.82) is 0 Å². The topological polar surface area (TPSA) is 12.0 Å². The van der Waals surface area contributed by atoms with Crippen LogP contribution in [-0.2, 0) is 0 Å². The molecule has 0 amide bonds. The minimum absolute atomic E-state index is 0.351. The Labute approximate surface area is 123 Å². The molecule has 0 aliphatic rings. The van der Waals surface area contributed by atoms with Gasteiger partial charge in [0.05, 0.1) is 0 Å². The maximum atomic E-state index is 3.79. The Morgan fingerprint density at radius 3 is 2.00 bits per heavy atom. The smallest absolute Gasteiger partial charge is 0.0348 e. The molecule has 0 saturated heterocycles. The third kappa shape index (κ3) is 3.49. The van der Waals surface area contributed by atoms with Gasteiger partial charge in [-0.1, -0.05) is 68.4 Å². The quantitative estimate of drug-likeness (QED) is 0.800. The fourth-order valence-electron chi connectivity index (χ4n) is 2.77. The fraction of sp³-hybridized carbons (Fsp3) is 0.368. The number of aryl methyl sites for hydroxylation is 1. The lowest BCUT2D eigenvalue weighted by Crippen LogP contribution is -2.28. The molecule has 0 aliphatic heterocycles. The van der Waals surface area contributed by atoms with Crippen molar-refractivity contribution in [2.24, 2.45) is 5.92 Å². The molecule has 0 bridgehead atoms. The summed E-state index contributed by atoms with van der Waals surface area (Å²) in [6, 6.07) is 20.1. The van der Waals surface area contributed by atoms with E-state index in [-0.39, 0.29) is 0 Å². The van der Waals surface area contributed by atoms with E-state index in [0.717, 1.165) is 0 Å². The van der Waals surface area contributed by atoms with Crippen LogP contribution >= 0.6 is 0 Å². The minimum atomic E-state index is 0.351. The van der Waals surface area contributed by atoms with Gasteiger partial charge >= 0.3 is 0 Å². The zero-order chi connectivity index (χ0) is 14.5. The molecular weight excluding hydrogens is 242 g/mol. The summed E-state index contributed by atoms with van der Waals surface area (Å²) < 4.78 is 0. The van der Waals surface area contributed by atoms with Crippen LogP contribution in [0, 0.1) is 12.8 Å². The molecular formula is C19H25N. The van der Waals surface area contributed by atoms with Crippen molar-refractivity contribution in [1.82, 2.24) is 5.32 Å². The maximum Gasteiger partial charge on any atom is 0.0348 e. The molecule has 106 valence electrons. The molecule has 0 aromatic heterocycles. The van der Waals surface area contributed by atoms with Crippen molar-refractivity contribution in [3.63, 3.8) is 0 Å². The van der Waals surface area contributed by atoms with Crippen LogP contribution in [-0.4, -0.2) is 0 Å². The zero-order valence-electron chi connectivity index (χ0n) is 12.9. The van der Waals surface area contributed by atoms with Crippen LogP contribution in [0.5, 0.6) is 0 Å². The van der Waals surface area contributed by atoms with Gasteiger partial charge in [0, 0.05) is 12.1 Å². The van der Waals surface area contributed by atoms with E-state index in [1.807, 2.05) is 0 Å². The van der Waals surface area contributed by atoms with E-state index in [4.69, 9.17) is 0 Å². The van der Waals surface area contributed by atoms with Gasteiger partial charge in [0.25, 0.3) is 0 Å². The van der Waals surface area contributed by atoms with Gasteiger partial charge < -0.3 is 5.32 Å². The van der Waals surface area contributed by atoms with Gasteiger partial charge in [-0.2, -0.15) is 0 Å². The zero-order valence-corrected chi connectivity index (χ0v) is 12.9. The van der Waals surface area contributed by atoms with Crippen molar-refractivity contribution in [2.45, 2.75) is 39.8 Å². The first kappa shape index (κ1) is 14.8. The van der Waals surface area contributed by atoms with Crippen molar-refractivity contribution in [3.8, 4) is 0 Å². The average Bonchev–Trinajstić information content (AvgIpc) is 2.45. The molecule has 0 aliphatic carbocycles. The predicted octanol–water partition coefficient (Wildman–Crippen LogP) is 5.04. The van der Waals surface area contributed by atoms with Crippen molar-refractivity contribution >= 4 is 0 Å². The van der Waals surface area contributed by atoms with Gasteiger partial charge in [-0.15, -0.1) is 0 Å². The highest BCUT2D eigenvalue weighted by Crippen LogP contribution is 2.26. The first-order valence-electron chi connectivity index (χ1n) is 7.46. The Hall–Kier alpha value is -1.60. The van der Waals surface area contributed by atoms with E-state index in [1.54, 1.807) is 0 Å². The minimum Gasteiger partial charge on any atom is -0.303 e. The van der Waals surface area contributed by atoms with Gasteiger partial charge in [0.2, 0.25) is 0 Å². The van der Waals surface area contributed by atoms with E-state index in [9.17, 15) is 0 Å². The van der Waals surface area contributed by atoms with Crippen LogP contribution in [0.25, 0.3) is 0 Å². The first-order chi connectivity index (χ1) is 9.59. The fourth-order valence-corrected chi connectivity index (χ4v) is 2.77. The number of rotatable bonds is 5. The molecule has 1 nitrogen and oxygen atoms in total. The normalized spacial score (nSPS) is 14.2. The molecule has 1 N–H and O–H groups in total. The first-order valence-corrected chi connectivity index (χ1v) is 7.46. The van der Waals surface area contributed by atoms with Crippen LogP contribution in [0.1, 0.15) is 49.5 Å². The lowest BCUT2D eigenvalue weighted by Gasteiger charge is -2.28. The molecule has 0 spiro atoms. The molecule has 0 radical (unpaired) electrons. The second-order valence-corrected chi connectivity index (χ2v) is 5.88. The van der Waals surface area contributed by atoms with Gasteiger partial charge in [-0.25, -0.2) is 0 Å².